The van der Waals surface area contributed by atoms with Gasteiger partial charge in [-0.2, -0.15) is 0 Å². The number of unbranched alkanes of at least 4 members (excludes halogenated alkanes) is 3. The Morgan fingerprint density at radius 2 is 1.86 bits per heavy atom. The van der Waals surface area contributed by atoms with Gasteiger partial charge in [-0.1, -0.05) is 26.2 Å². The summed E-state index contributed by atoms with van der Waals surface area (Å²) in [5, 5.41) is 11.0. The Morgan fingerprint density at radius 1 is 1.14 bits per heavy atom. The van der Waals surface area contributed by atoms with Crippen molar-refractivity contribution in [2.75, 3.05) is 11.9 Å². The van der Waals surface area contributed by atoms with E-state index in [1.165, 1.54) is 19.3 Å². The van der Waals surface area contributed by atoms with Gasteiger partial charge in [-0.25, -0.2) is 4.79 Å². The molecule has 0 aliphatic carbocycles. The Kier molecular flexibility index (Phi) is 7.64. The molecule has 1 aromatic carbocycles. The predicted molar refractivity (Wildman–Crippen MR) is 81.5 cm³/mol. The topological polar surface area (TPSA) is 75.6 Å². The summed E-state index contributed by atoms with van der Waals surface area (Å²) in [4.78, 5) is 21.7. The molecule has 5 heteroatoms. The highest BCUT2D eigenvalue weighted by Crippen LogP contribution is 2.16. The minimum atomic E-state index is -1.16. The Labute approximate surface area is 124 Å². The minimum absolute atomic E-state index is 0.481. The van der Waals surface area contributed by atoms with E-state index in [0.717, 1.165) is 24.3 Å². The number of carbonyl (C=O) groups excluding carboxylic acids is 1. The highest BCUT2D eigenvalue weighted by atomic mass is 16.5. The highest BCUT2D eigenvalue weighted by Gasteiger charge is 2.00. The van der Waals surface area contributed by atoms with Crippen LogP contribution in [-0.2, 0) is 9.59 Å². The highest BCUT2D eigenvalue weighted by molar-refractivity contribution is 6.02. The Morgan fingerprint density at radius 3 is 2.48 bits per heavy atom. The van der Waals surface area contributed by atoms with Crippen LogP contribution in [0.1, 0.15) is 32.6 Å². The molecule has 2 N–H and O–H groups in total. The maximum Gasteiger partial charge on any atom is 0.328 e. The molecule has 5 nitrogen and oxygen atoms in total. The molecule has 0 atom stereocenters. The largest absolute Gasteiger partial charge is 0.494 e. The first-order valence-corrected chi connectivity index (χ1v) is 7.06. The molecule has 0 radical (unpaired) electrons. The number of amides is 1. The number of benzene rings is 1. The molecule has 0 fully saturated rings. The number of rotatable bonds is 9. The van der Waals surface area contributed by atoms with Gasteiger partial charge in [0.15, 0.2) is 0 Å². The first-order chi connectivity index (χ1) is 10.1. The normalized spacial score (nSPS) is 10.5. The van der Waals surface area contributed by atoms with Crippen molar-refractivity contribution >= 4 is 17.6 Å². The molecule has 1 amide bonds. The van der Waals surface area contributed by atoms with E-state index >= 15 is 0 Å². The number of ether oxygens (including phenoxy) is 1. The fraction of sp³-hybridized carbons (Fsp3) is 0.375. The molecule has 114 valence electrons. The smallest absolute Gasteiger partial charge is 0.328 e. The van der Waals surface area contributed by atoms with E-state index in [9.17, 15) is 9.59 Å². The minimum Gasteiger partial charge on any atom is -0.494 e. The maximum absolute atomic E-state index is 11.4. The van der Waals surface area contributed by atoms with E-state index in [-0.39, 0.29) is 0 Å². The van der Waals surface area contributed by atoms with Crippen LogP contribution in [0.3, 0.4) is 0 Å². The third-order valence-electron chi connectivity index (χ3n) is 2.77. The van der Waals surface area contributed by atoms with Gasteiger partial charge in [0, 0.05) is 17.8 Å². The molecule has 0 aromatic heterocycles. The van der Waals surface area contributed by atoms with Gasteiger partial charge in [-0.05, 0) is 30.7 Å². The van der Waals surface area contributed by atoms with Crippen LogP contribution in [0, 0.1) is 0 Å². The second-order valence-corrected chi connectivity index (χ2v) is 4.59. The molecule has 1 rings (SSSR count). The van der Waals surface area contributed by atoms with Crippen LogP contribution in [-0.4, -0.2) is 23.6 Å². The van der Waals surface area contributed by atoms with Gasteiger partial charge in [0.25, 0.3) is 0 Å². The summed E-state index contributed by atoms with van der Waals surface area (Å²) in [5.74, 6) is -0.881. The molecular formula is C16H21NO4. The molecule has 0 heterocycles. The van der Waals surface area contributed by atoms with Gasteiger partial charge < -0.3 is 15.2 Å². The Hall–Kier alpha value is -2.30. The maximum atomic E-state index is 11.4. The number of anilines is 1. The molecule has 0 spiro atoms. The van der Waals surface area contributed by atoms with Crippen LogP contribution in [0.25, 0.3) is 0 Å². The standard InChI is InChI=1S/C16H21NO4/c1-2-3-4-5-12-21-14-8-6-13(7-9-14)17-15(18)10-11-16(19)20/h6-11H,2-5,12H2,1H3,(H,17,18)(H,19,20). The van der Waals surface area contributed by atoms with Crippen molar-refractivity contribution in [3.63, 3.8) is 0 Å². The number of nitrogens with one attached hydrogen (secondary N) is 1. The van der Waals surface area contributed by atoms with Crippen LogP contribution < -0.4 is 10.1 Å². The second kappa shape index (κ2) is 9.58. The second-order valence-electron chi connectivity index (χ2n) is 4.59. The lowest BCUT2D eigenvalue weighted by atomic mass is 10.2. The molecule has 0 bridgehead atoms. The first kappa shape index (κ1) is 16.8. The summed E-state index contributed by atoms with van der Waals surface area (Å²) >= 11 is 0. The quantitative estimate of drug-likeness (QED) is 0.541. The van der Waals surface area contributed by atoms with E-state index in [2.05, 4.69) is 12.2 Å². The summed E-state index contributed by atoms with van der Waals surface area (Å²) in [6.07, 6.45) is 6.39. The average Bonchev–Trinajstić information content (AvgIpc) is 2.47. The predicted octanol–water partition coefficient (Wildman–Crippen LogP) is 3.23. The van der Waals surface area contributed by atoms with E-state index < -0.39 is 11.9 Å². The average molecular weight is 291 g/mol. The van der Waals surface area contributed by atoms with Crippen molar-refractivity contribution in [3.8, 4) is 5.75 Å². The lowest BCUT2D eigenvalue weighted by molar-refractivity contribution is -0.131. The summed E-state index contributed by atoms with van der Waals surface area (Å²) < 4.78 is 5.59. The lowest BCUT2D eigenvalue weighted by Crippen LogP contribution is -2.08. The Bertz CT molecular complexity index is 480. The van der Waals surface area contributed by atoms with Crippen LogP contribution in [0.2, 0.25) is 0 Å². The zero-order valence-electron chi connectivity index (χ0n) is 12.2. The third-order valence-corrected chi connectivity index (χ3v) is 2.77. The van der Waals surface area contributed by atoms with E-state index in [1.807, 2.05) is 0 Å². The number of hydrogen-bond acceptors (Lipinski definition) is 3. The molecule has 0 saturated heterocycles. The number of aliphatic carboxylic acids is 1. The van der Waals surface area contributed by atoms with Crippen LogP contribution >= 0.6 is 0 Å². The van der Waals surface area contributed by atoms with Gasteiger partial charge >= 0.3 is 5.97 Å². The molecule has 1 aromatic rings. The number of carboxylic acids is 1. The molecule has 0 aliphatic heterocycles. The van der Waals surface area contributed by atoms with E-state index in [1.54, 1.807) is 24.3 Å². The van der Waals surface area contributed by atoms with Gasteiger partial charge in [0.05, 0.1) is 6.61 Å². The molecule has 0 aliphatic rings. The van der Waals surface area contributed by atoms with Crippen molar-refractivity contribution in [2.24, 2.45) is 0 Å². The van der Waals surface area contributed by atoms with Crippen LogP contribution in [0.5, 0.6) is 5.75 Å². The van der Waals surface area contributed by atoms with Crippen LogP contribution in [0.4, 0.5) is 5.69 Å². The zero-order valence-corrected chi connectivity index (χ0v) is 12.2. The molecule has 0 saturated carbocycles. The fourth-order valence-electron chi connectivity index (χ4n) is 1.68. The van der Waals surface area contributed by atoms with Gasteiger partial charge in [-0.3, -0.25) is 4.79 Å². The van der Waals surface area contributed by atoms with Gasteiger partial charge in [-0.15, -0.1) is 0 Å². The van der Waals surface area contributed by atoms with Crippen molar-refractivity contribution in [2.45, 2.75) is 32.6 Å². The zero-order chi connectivity index (χ0) is 15.5. The molecule has 21 heavy (non-hydrogen) atoms. The first-order valence-electron chi connectivity index (χ1n) is 7.06. The van der Waals surface area contributed by atoms with Gasteiger partial charge in [0.2, 0.25) is 5.91 Å². The van der Waals surface area contributed by atoms with E-state index in [0.29, 0.717) is 12.3 Å². The summed E-state index contributed by atoms with van der Waals surface area (Å²) in [5.41, 5.74) is 0.591. The van der Waals surface area contributed by atoms with Crippen molar-refractivity contribution in [1.29, 1.82) is 0 Å². The monoisotopic (exact) mass is 291 g/mol. The summed E-state index contributed by atoms with van der Waals surface area (Å²) in [6, 6.07) is 6.98. The summed E-state index contributed by atoms with van der Waals surface area (Å²) in [6.45, 7) is 2.85. The van der Waals surface area contributed by atoms with Crippen molar-refractivity contribution < 1.29 is 19.4 Å². The van der Waals surface area contributed by atoms with Crippen LogP contribution in [0.15, 0.2) is 36.4 Å². The third kappa shape index (κ3) is 7.77. The van der Waals surface area contributed by atoms with Gasteiger partial charge in [0.1, 0.15) is 5.75 Å². The number of carboxylic acid groups (broad SMARTS) is 1. The lowest BCUT2D eigenvalue weighted by Gasteiger charge is -2.07. The number of hydrogen-bond donors (Lipinski definition) is 2. The van der Waals surface area contributed by atoms with Crippen molar-refractivity contribution in [3.05, 3.63) is 36.4 Å². The Balaban J connectivity index is 2.36. The fourth-order valence-corrected chi connectivity index (χ4v) is 1.68. The molecular weight excluding hydrogens is 270 g/mol. The molecule has 0 unspecified atom stereocenters. The number of carbonyl (C=O) groups is 2. The van der Waals surface area contributed by atoms with Crippen molar-refractivity contribution in [1.82, 2.24) is 0 Å². The van der Waals surface area contributed by atoms with E-state index in [4.69, 9.17) is 9.84 Å². The summed E-state index contributed by atoms with van der Waals surface area (Å²) in [7, 11) is 0. The SMILES string of the molecule is CCCCCCOc1ccc(NC(=O)C=CC(=O)O)cc1.